The molecule has 0 unspecified atom stereocenters. The van der Waals surface area contributed by atoms with Gasteiger partial charge >= 0.3 is 0 Å². The number of carbonyl (C=O) groups excluding carboxylic acids is 2. The minimum atomic E-state index is -0.0624. The summed E-state index contributed by atoms with van der Waals surface area (Å²) >= 11 is 1.43. The Kier molecular flexibility index (Phi) is 6.12. The third kappa shape index (κ3) is 4.69. The molecular formula is C21H26N6O2S. The zero-order valence-electron chi connectivity index (χ0n) is 17.2. The van der Waals surface area contributed by atoms with Crippen LogP contribution < -0.4 is 5.32 Å². The number of thiazole rings is 1. The van der Waals surface area contributed by atoms with Crippen LogP contribution in [0.2, 0.25) is 0 Å². The molecule has 30 heavy (non-hydrogen) atoms. The molecule has 0 atom stereocenters. The van der Waals surface area contributed by atoms with Gasteiger partial charge in [0.1, 0.15) is 0 Å². The molecule has 0 saturated carbocycles. The maximum atomic E-state index is 12.5. The van der Waals surface area contributed by atoms with Crippen molar-refractivity contribution < 1.29 is 9.59 Å². The van der Waals surface area contributed by atoms with Crippen LogP contribution in [0.1, 0.15) is 0 Å². The van der Waals surface area contributed by atoms with E-state index in [0.717, 1.165) is 48.3 Å². The van der Waals surface area contributed by atoms with E-state index in [1.165, 1.54) is 11.3 Å². The lowest BCUT2D eigenvalue weighted by molar-refractivity contribution is -0.130. The first-order chi connectivity index (χ1) is 14.5. The Hall–Kier alpha value is -2.75. The fourth-order valence-electron chi connectivity index (χ4n) is 3.54. The van der Waals surface area contributed by atoms with Crippen molar-refractivity contribution >= 4 is 39.2 Å². The molecule has 0 aliphatic carbocycles. The van der Waals surface area contributed by atoms with Gasteiger partial charge in [0.15, 0.2) is 5.13 Å². The molecular weight excluding hydrogens is 400 g/mol. The van der Waals surface area contributed by atoms with Crippen molar-refractivity contribution in [2.75, 3.05) is 58.7 Å². The largest absolute Gasteiger partial charge is 0.360 e. The van der Waals surface area contributed by atoms with Crippen LogP contribution in [0.15, 0.2) is 35.8 Å². The number of fused-ring (bicyclic) bond motifs is 1. The second kappa shape index (κ2) is 8.95. The highest BCUT2D eigenvalue weighted by molar-refractivity contribution is 7.14. The molecule has 2 amide bonds. The number of amides is 2. The maximum Gasteiger partial charge on any atom is 0.240 e. The fraction of sp³-hybridized carbons (Fsp3) is 0.381. The van der Waals surface area contributed by atoms with Gasteiger partial charge in [0.25, 0.3) is 0 Å². The molecule has 1 aliphatic rings. The molecule has 4 rings (SSSR count). The van der Waals surface area contributed by atoms with Crippen molar-refractivity contribution in [2.45, 2.75) is 0 Å². The lowest BCUT2D eigenvalue weighted by Gasteiger charge is -2.34. The molecule has 1 aromatic carbocycles. The zero-order valence-corrected chi connectivity index (χ0v) is 18.0. The number of rotatable bonds is 6. The van der Waals surface area contributed by atoms with Gasteiger partial charge in [0.2, 0.25) is 11.8 Å². The normalized spacial score (nSPS) is 15.4. The molecule has 9 heteroatoms. The van der Waals surface area contributed by atoms with Crippen LogP contribution in [0, 0.1) is 0 Å². The first-order valence-electron chi connectivity index (χ1n) is 9.96. The molecule has 158 valence electrons. The van der Waals surface area contributed by atoms with Crippen molar-refractivity contribution in [1.82, 2.24) is 24.7 Å². The molecule has 1 fully saturated rings. The van der Waals surface area contributed by atoms with Crippen LogP contribution >= 0.6 is 11.3 Å². The Labute approximate surface area is 179 Å². The number of anilines is 1. The molecule has 0 bridgehead atoms. The molecule has 3 heterocycles. The number of hydrogen-bond acceptors (Lipinski definition) is 6. The lowest BCUT2D eigenvalue weighted by Crippen LogP contribution is -2.50. The van der Waals surface area contributed by atoms with E-state index in [0.29, 0.717) is 18.2 Å². The van der Waals surface area contributed by atoms with E-state index in [4.69, 9.17) is 0 Å². The molecule has 1 saturated heterocycles. The first kappa shape index (κ1) is 20.5. The van der Waals surface area contributed by atoms with E-state index in [1.54, 1.807) is 19.0 Å². The highest BCUT2D eigenvalue weighted by Crippen LogP contribution is 2.30. The molecule has 3 aromatic rings. The Bertz CT molecular complexity index is 1030. The topological polar surface area (TPSA) is 84.6 Å². The molecule has 2 N–H and O–H groups in total. The van der Waals surface area contributed by atoms with Crippen LogP contribution in [0.25, 0.3) is 22.2 Å². The molecule has 0 radical (unpaired) electrons. The van der Waals surface area contributed by atoms with Gasteiger partial charge < -0.3 is 15.2 Å². The third-order valence-corrected chi connectivity index (χ3v) is 6.06. The number of hydrogen-bond donors (Lipinski definition) is 2. The number of likely N-dealkylation sites (N-methyl/N-ethyl adjacent to an activating group) is 1. The summed E-state index contributed by atoms with van der Waals surface area (Å²) in [5, 5.41) is 6.61. The number of para-hydroxylation sites is 1. The number of piperazine rings is 1. The van der Waals surface area contributed by atoms with Crippen LogP contribution in [-0.4, -0.2) is 89.8 Å². The minimum Gasteiger partial charge on any atom is -0.360 e. The van der Waals surface area contributed by atoms with Crippen molar-refractivity contribution in [3.05, 3.63) is 35.8 Å². The molecule has 8 nitrogen and oxygen atoms in total. The quantitative estimate of drug-likeness (QED) is 0.629. The van der Waals surface area contributed by atoms with Crippen molar-refractivity contribution in [3.8, 4) is 11.3 Å². The first-order valence-corrected chi connectivity index (χ1v) is 10.8. The molecule has 0 spiro atoms. The van der Waals surface area contributed by atoms with Gasteiger partial charge in [0, 0.05) is 68.3 Å². The van der Waals surface area contributed by atoms with Gasteiger partial charge in [0.05, 0.1) is 18.8 Å². The van der Waals surface area contributed by atoms with Crippen LogP contribution in [0.5, 0.6) is 0 Å². The average Bonchev–Trinajstić information content (AvgIpc) is 3.36. The van der Waals surface area contributed by atoms with Gasteiger partial charge in [-0.25, -0.2) is 4.98 Å². The highest BCUT2D eigenvalue weighted by Gasteiger charge is 2.21. The van der Waals surface area contributed by atoms with Gasteiger partial charge in [-0.05, 0) is 6.07 Å². The second-order valence-corrected chi connectivity index (χ2v) is 8.53. The smallest absolute Gasteiger partial charge is 0.240 e. The standard InChI is InChI=1S/C21H26N6O2S/c1-25(2)20(29)13-27-9-7-26(8-10-27)12-19(28)24-21-23-18(14-30-21)16-11-22-17-6-4-3-5-15(16)17/h3-6,11,14,22H,7-10,12-13H2,1-2H3,(H,23,24,28). The summed E-state index contributed by atoms with van der Waals surface area (Å²) < 4.78 is 0. The van der Waals surface area contributed by atoms with E-state index >= 15 is 0 Å². The average molecular weight is 427 g/mol. The van der Waals surface area contributed by atoms with E-state index in [9.17, 15) is 9.59 Å². The van der Waals surface area contributed by atoms with Gasteiger partial charge in [-0.3, -0.25) is 19.4 Å². The van der Waals surface area contributed by atoms with E-state index in [-0.39, 0.29) is 11.8 Å². The fourth-order valence-corrected chi connectivity index (χ4v) is 4.27. The number of nitrogens with zero attached hydrogens (tertiary/aromatic N) is 4. The summed E-state index contributed by atoms with van der Waals surface area (Å²) in [6.45, 7) is 3.88. The maximum absolute atomic E-state index is 12.5. The van der Waals surface area contributed by atoms with Crippen LogP contribution in [-0.2, 0) is 9.59 Å². The number of H-pyrrole nitrogens is 1. The third-order valence-electron chi connectivity index (χ3n) is 5.31. The summed E-state index contributed by atoms with van der Waals surface area (Å²) in [5.41, 5.74) is 2.95. The summed E-state index contributed by atoms with van der Waals surface area (Å²) in [6.07, 6.45) is 1.95. The molecule has 2 aromatic heterocycles. The predicted octanol–water partition coefficient (Wildman–Crippen LogP) is 1.94. The Balaban J connectivity index is 1.29. The highest BCUT2D eigenvalue weighted by atomic mass is 32.1. The number of carbonyl (C=O) groups is 2. The minimum absolute atomic E-state index is 0.0624. The summed E-state index contributed by atoms with van der Waals surface area (Å²) in [4.78, 5) is 38.0. The Morgan fingerprint density at radius 3 is 2.57 bits per heavy atom. The lowest BCUT2D eigenvalue weighted by atomic mass is 10.1. The zero-order chi connectivity index (χ0) is 21.1. The summed E-state index contributed by atoms with van der Waals surface area (Å²) in [7, 11) is 3.54. The second-order valence-electron chi connectivity index (χ2n) is 7.67. The van der Waals surface area contributed by atoms with Gasteiger partial charge in [-0.15, -0.1) is 11.3 Å². The van der Waals surface area contributed by atoms with E-state index in [2.05, 4.69) is 31.2 Å². The van der Waals surface area contributed by atoms with Crippen molar-refractivity contribution in [1.29, 1.82) is 0 Å². The van der Waals surface area contributed by atoms with Gasteiger partial charge in [-0.1, -0.05) is 18.2 Å². The number of nitrogens with one attached hydrogen (secondary N) is 2. The molecule has 1 aliphatic heterocycles. The SMILES string of the molecule is CN(C)C(=O)CN1CCN(CC(=O)Nc2nc(-c3c[nH]c4ccccc34)cs2)CC1. The summed E-state index contributed by atoms with van der Waals surface area (Å²) in [6, 6.07) is 8.09. The number of aromatic amines is 1. The van der Waals surface area contributed by atoms with Gasteiger partial charge in [-0.2, -0.15) is 0 Å². The predicted molar refractivity (Wildman–Crippen MR) is 120 cm³/mol. The number of benzene rings is 1. The van der Waals surface area contributed by atoms with E-state index < -0.39 is 0 Å². The van der Waals surface area contributed by atoms with Crippen LogP contribution in [0.4, 0.5) is 5.13 Å². The van der Waals surface area contributed by atoms with Crippen molar-refractivity contribution in [3.63, 3.8) is 0 Å². The monoisotopic (exact) mass is 426 g/mol. The Morgan fingerprint density at radius 2 is 1.83 bits per heavy atom. The number of aromatic nitrogens is 2. The Morgan fingerprint density at radius 1 is 1.13 bits per heavy atom. The van der Waals surface area contributed by atoms with Crippen LogP contribution in [0.3, 0.4) is 0 Å². The van der Waals surface area contributed by atoms with Crippen molar-refractivity contribution in [2.24, 2.45) is 0 Å². The summed E-state index contributed by atoms with van der Waals surface area (Å²) in [5.74, 6) is 0.0450. The van der Waals surface area contributed by atoms with E-state index in [1.807, 2.05) is 29.8 Å².